The molecule has 0 fully saturated rings. The van der Waals surface area contributed by atoms with Gasteiger partial charge in [-0.15, -0.1) is 0 Å². The maximum absolute atomic E-state index is 11.2. The monoisotopic (exact) mass is 375 g/mol. The Morgan fingerprint density at radius 3 is 2.24 bits per heavy atom. The molecule has 0 bridgehead atoms. The second kappa shape index (κ2) is 12.2. The topological polar surface area (TPSA) is 137 Å². The van der Waals surface area contributed by atoms with Crippen LogP contribution in [0.25, 0.3) is 0 Å². The van der Waals surface area contributed by atoms with Crippen molar-refractivity contribution >= 4 is 67.2 Å². The van der Waals surface area contributed by atoms with E-state index < -0.39 is 27.8 Å². The second-order valence-corrected chi connectivity index (χ2v) is 6.75. The molecule has 0 aliphatic rings. The first-order valence-electron chi connectivity index (χ1n) is 6.15. The number of hydrogen-bond acceptors (Lipinski definition) is 6. The molecule has 0 aromatic carbocycles. The Bertz CT molecular complexity index is 355. The summed E-state index contributed by atoms with van der Waals surface area (Å²) in [4.78, 5) is 31.7. The standard InChI is InChI=1S/C9H23NO8P2.K.H/c1-3-4-5-7-10(17-2)8-6-9(11,18-19(12)13)20(14,15)16;;/h11,19H,3-8H2,1-2H3,(H,12,13)(H2,14,15,16);;. The third-order valence-corrected chi connectivity index (χ3v) is 4.57. The van der Waals surface area contributed by atoms with Gasteiger partial charge in [-0.2, -0.15) is 5.06 Å². The molecule has 0 radical (unpaired) electrons. The number of unbranched alkanes of at least 4 members (excludes halogenated alkanes) is 2. The third-order valence-electron chi connectivity index (χ3n) is 2.66. The Labute approximate surface area is 167 Å². The van der Waals surface area contributed by atoms with Crippen LogP contribution in [0.15, 0.2) is 0 Å². The van der Waals surface area contributed by atoms with Crippen LogP contribution in [0.1, 0.15) is 32.6 Å². The molecule has 12 heteroatoms. The zero-order valence-electron chi connectivity index (χ0n) is 11.6. The molecule has 0 saturated heterocycles. The fourth-order valence-electron chi connectivity index (χ4n) is 1.50. The number of hydrogen-bond donors (Lipinski definition) is 4. The summed E-state index contributed by atoms with van der Waals surface area (Å²) in [5.41, 5.74) is -2.99. The van der Waals surface area contributed by atoms with Gasteiger partial charge in [-0.1, -0.05) is 19.8 Å². The van der Waals surface area contributed by atoms with Crippen LogP contribution in [0, 0.1) is 0 Å². The molecule has 0 aromatic heterocycles. The van der Waals surface area contributed by atoms with Crippen LogP contribution in [0.4, 0.5) is 0 Å². The average molecular weight is 375 g/mol. The summed E-state index contributed by atoms with van der Waals surface area (Å²) >= 11 is 0. The zero-order chi connectivity index (χ0) is 15.8. The van der Waals surface area contributed by atoms with Gasteiger partial charge in [-0.25, -0.2) is 0 Å². The van der Waals surface area contributed by atoms with Crippen LogP contribution in [-0.2, 0) is 18.5 Å². The molecule has 0 aromatic rings. The summed E-state index contributed by atoms with van der Waals surface area (Å²) in [6.07, 6.45) is 2.22. The van der Waals surface area contributed by atoms with Gasteiger partial charge < -0.3 is 24.6 Å². The predicted molar refractivity (Wildman–Crippen MR) is 79.2 cm³/mol. The van der Waals surface area contributed by atoms with Crippen LogP contribution >= 0.6 is 15.9 Å². The molecule has 124 valence electrons. The quantitative estimate of drug-likeness (QED) is 0.129. The first-order chi connectivity index (χ1) is 9.16. The second-order valence-electron chi connectivity index (χ2n) is 4.22. The van der Waals surface area contributed by atoms with Gasteiger partial charge >= 0.3 is 67.2 Å². The van der Waals surface area contributed by atoms with Crippen molar-refractivity contribution in [3.63, 3.8) is 0 Å². The van der Waals surface area contributed by atoms with E-state index in [4.69, 9.17) is 19.5 Å². The first-order valence-corrected chi connectivity index (χ1v) is 9.03. The van der Waals surface area contributed by atoms with Gasteiger partial charge in [0.15, 0.2) is 0 Å². The van der Waals surface area contributed by atoms with E-state index in [-0.39, 0.29) is 57.9 Å². The van der Waals surface area contributed by atoms with Gasteiger partial charge in [0.25, 0.3) is 5.53 Å². The normalized spacial score (nSPS) is 16.3. The van der Waals surface area contributed by atoms with Crippen molar-refractivity contribution in [3.05, 3.63) is 0 Å². The van der Waals surface area contributed by atoms with Gasteiger partial charge in [0.1, 0.15) is 0 Å². The Hall–Kier alpha value is 1.82. The summed E-state index contributed by atoms with van der Waals surface area (Å²) in [5, 5.41) is 11.1. The van der Waals surface area contributed by atoms with Gasteiger partial charge in [0.2, 0.25) is 0 Å². The SMILES string of the molecule is CCCCCN(CCC(O)(O[PH](=O)O)P(=O)(O)O)OC.[KH]. The van der Waals surface area contributed by atoms with Crippen LogP contribution in [0.2, 0.25) is 0 Å². The molecule has 0 aliphatic heterocycles. The van der Waals surface area contributed by atoms with Crippen molar-refractivity contribution in [3.8, 4) is 0 Å². The van der Waals surface area contributed by atoms with Crippen LogP contribution < -0.4 is 0 Å². The van der Waals surface area contributed by atoms with Gasteiger partial charge in [0, 0.05) is 19.5 Å². The van der Waals surface area contributed by atoms with E-state index in [1.54, 1.807) is 0 Å². The van der Waals surface area contributed by atoms with E-state index in [0.29, 0.717) is 6.54 Å². The van der Waals surface area contributed by atoms with Crippen molar-refractivity contribution in [2.24, 2.45) is 0 Å². The van der Waals surface area contributed by atoms with Crippen molar-refractivity contribution < 1.29 is 38.3 Å². The van der Waals surface area contributed by atoms with Crippen LogP contribution in [0.5, 0.6) is 0 Å². The molecule has 0 heterocycles. The van der Waals surface area contributed by atoms with Crippen molar-refractivity contribution in [2.45, 2.75) is 38.1 Å². The summed E-state index contributed by atoms with van der Waals surface area (Å²) < 4.78 is 25.9. The number of aliphatic hydroxyl groups is 1. The fourth-order valence-corrected chi connectivity index (χ4v) is 2.98. The van der Waals surface area contributed by atoms with E-state index in [0.717, 1.165) is 19.3 Å². The summed E-state index contributed by atoms with van der Waals surface area (Å²) in [6.45, 7) is 2.48. The van der Waals surface area contributed by atoms with E-state index >= 15 is 0 Å². The Kier molecular flexibility index (Phi) is 14.6. The van der Waals surface area contributed by atoms with E-state index in [1.807, 2.05) is 6.92 Å². The number of hydroxylamine groups is 2. The van der Waals surface area contributed by atoms with Gasteiger partial charge in [-0.05, 0) is 6.42 Å². The van der Waals surface area contributed by atoms with Gasteiger partial charge in [0.05, 0.1) is 7.11 Å². The molecular weight excluding hydrogens is 351 g/mol. The molecule has 0 aliphatic carbocycles. The fraction of sp³-hybridized carbons (Fsp3) is 1.00. The molecule has 0 saturated carbocycles. The Balaban J connectivity index is 0. The van der Waals surface area contributed by atoms with Crippen molar-refractivity contribution in [1.29, 1.82) is 0 Å². The summed E-state index contributed by atoms with van der Waals surface area (Å²) in [6, 6.07) is 0. The van der Waals surface area contributed by atoms with Crippen LogP contribution in [0.3, 0.4) is 0 Å². The average Bonchev–Trinajstić information content (AvgIpc) is 2.31. The molecule has 0 spiro atoms. The molecule has 2 atom stereocenters. The number of nitrogens with zero attached hydrogens (tertiary/aromatic N) is 1. The summed E-state index contributed by atoms with van der Waals surface area (Å²) in [7, 11) is -7.44. The molecule has 0 rings (SSSR count). The predicted octanol–water partition coefficient (Wildman–Crippen LogP) is 0.00400. The van der Waals surface area contributed by atoms with Crippen molar-refractivity contribution in [1.82, 2.24) is 5.06 Å². The minimum absolute atomic E-state index is 0. The minimum atomic E-state index is -5.12. The molecule has 2 unspecified atom stereocenters. The summed E-state index contributed by atoms with van der Waals surface area (Å²) in [5.74, 6) is 0. The molecule has 0 amide bonds. The van der Waals surface area contributed by atoms with Crippen molar-refractivity contribution in [2.75, 3.05) is 20.2 Å². The third kappa shape index (κ3) is 10.3. The molecular formula is C9H24KNO8P2. The van der Waals surface area contributed by atoms with Crippen LogP contribution in [-0.4, -0.2) is 102 Å². The molecule has 4 N–H and O–H groups in total. The van der Waals surface area contributed by atoms with E-state index in [1.165, 1.54) is 12.2 Å². The van der Waals surface area contributed by atoms with Gasteiger partial charge in [-0.3, -0.25) is 13.7 Å². The van der Waals surface area contributed by atoms with E-state index in [9.17, 15) is 14.2 Å². The zero-order valence-corrected chi connectivity index (χ0v) is 13.5. The molecule has 9 nitrogen and oxygen atoms in total. The number of rotatable bonds is 11. The Morgan fingerprint density at radius 1 is 1.29 bits per heavy atom. The van der Waals surface area contributed by atoms with E-state index in [2.05, 4.69) is 4.52 Å². The first kappa shape index (κ1) is 25.1. The molecule has 21 heavy (non-hydrogen) atoms. The Morgan fingerprint density at radius 2 is 1.86 bits per heavy atom. The maximum atomic E-state index is 11.2.